The van der Waals surface area contributed by atoms with Gasteiger partial charge in [0, 0.05) is 19.2 Å². The maximum Gasteiger partial charge on any atom is 0.233 e. The Hall–Kier alpha value is -3.09. The first-order valence-corrected chi connectivity index (χ1v) is 9.90. The predicted octanol–water partition coefficient (Wildman–Crippen LogP) is 3.71. The molecule has 0 radical (unpaired) electrons. The van der Waals surface area contributed by atoms with Crippen molar-refractivity contribution in [2.45, 2.75) is 19.3 Å². The second-order valence-electron chi connectivity index (χ2n) is 6.89. The zero-order chi connectivity index (χ0) is 20.3. The molecule has 154 valence electrons. The molecule has 0 N–H and O–H groups in total. The zero-order valence-electron chi connectivity index (χ0n) is 16.9. The predicted molar refractivity (Wildman–Crippen MR) is 114 cm³/mol. The van der Waals surface area contributed by atoms with Gasteiger partial charge in [-0.25, -0.2) is 0 Å². The van der Waals surface area contributed by atoms with Gasteiger partial charge in [-0.2, -0.15) is 0 Å². The van der Waals surface area contributed by atoms with Crippen LogP contribution in [0.3, 0.4) is 0 Å². The fourth-order valence-corrected chi connectivity index (χ4v) is 3.23. The van der Waals surface area contributed by atoms with Crippen LogP contribution in [0.15, 0.2) is 54.2 Å². The maximum absolute atomic E-state index is 5.90. The molecule has 1 aromatic heterocycles. The van der Waals surface area contributed by atoms with Crippen molar-refractivity contribution in [1.29, 1.82) is 0 Å². The van der Waals surface area contributed by atoms with Crippen molar-refractivity contribution in [3.63, 3.8) is 0 Å². The largest absolute Gasteiger partial charge is 0.494 e. The molecule has 1 saturated heterocycles. The van der Waals surface area contributed by atoms with Crippen LogP contribution in [0.4, 0.5) is 5.82 Å². The van der Waals surface area contributed by atoms with Crippen molar-refractivity contribution in [1.82, 2.24) is 10.2 Å². The highest BCUT2D eigenvalue weighted by atomic mass is 16.6. The molecule has 7 nitrogen and oxygen atoms in total. The molecule has 0 unspecified atom stereocenters. The lowest BCUT2D eigenvalue weighted by Crippen LogP contribution is -2.34. The van der Waals surface area contributed by atoms with Crippen LogP contribution in [0.1, 0.15) is 24.8 Å². The van der Waals surface area contributed by atoms with Gasteiger partial charge in [0.05, 0.1) is 19.9 Å². The fourth-order valence-electron chi connectivity index (χ4n) is 3.23. The molecule has 0 bridgehead atoms. The maximum atomic E-state index is 5.90. The van der Waals surface area contributed by atoms with E-state index in [9.17, 15) is 0 Å². The number of hydrogen-bond donors (Lipinski definition) is 0. The molecular weight excluding hydrogens is 368 g/mol. The molecule has 1 aliphatic rings. The molecule has 2 heterocycles. The van der Waals surface area contributed by atoms with Crippen LogP contribution >= 0.6 is 0 Å². The average Bonchev–Trinajstić information content (AvgIpc) is 2.78. The van der Waals surface area contributed by atoms with E-state index in [0.717, 1.165) is 56.1 Å². The van der Waals surface area contributed by atoms with E-state index >= 15 is 0 Å². The Kier molecular flexibility index (Phi) is 7.86. The standard InChI is InChI=1S/C22H28N4O3/c1-3-15-29-23-17-19-4-6-20(7-5-19)28-16-12-18-10-13-26(14-11-18)21-8-9-22(27-2)25-24-21/h3-9,17-18H,1,10-16H2,2H3. The lowest BCUT2D eigenvalue weighted by molar-refractivity contribution is 0.176. The van der Waals surface area contributed by atoms with Crippen molar-refractivity contribution < 1.29 is 14.3 Å². The number of rotatable bonds is 10. The Morgan fingerprint density at radius 2 is 1.93 bits per heavy atom. The summed E-state index contributed by atoms with van der Waals surface area (Å²) in [6.07, 6.45) is 6.66. The van der Waals surface area contributed by atoms with E-state index < -0.39 is 0 Å². The van der Waals surface area contributed by atoms with Crippen LogP contribution in [0.5, 0.6) is 11.6 Å². The van der Waals surface area contributed by atoms with Gasteiger partial charge in [-0.05, 0) is 61.1 Å². The summed E-state index contributed by atoms with van der Waals surface area (Å²) < 4.78 is 11.0. The van der Waals surface area contributed by atoms with E-state index in [0.29, 0.717) is 18.4 Å². The van der Waals surface area contributed by atoms with E-state index in [4.69, 9.17) is 14.3 Å². The van der Waals surface area contributed by atoms with Gasteiger partial charge < -0.3 is 19.2 Å². The summed E-state index contributed by atoms with van der Waals surface area (Å²) in [6, 6.07) is 11.7. The van der Waals surface area contributed by atoms with E-state index in [1.165, 1.54) is 0 Å². The first-order chi connectivity index (χ1) is 14.3. The van der Waals surface area contributed by atoms with E-state index in [2.05, 4.69) is 26.8 Å². The van der Waals surface area contributed by atoms with E-state index in [1.54, 1.807) is 19.4 Å². The third kappa shape index (κ3) is 6.48. The summed E-state index contributed by atoms with van der Waals surface area (Å²) in [6.45, 7) is 6.69. The Balaban J connectivity index is 1.36. The topological polar surface area (TPSA) is 69.1 Å². The van der Waals surface area contributed by atoms with Crippen LogP contribution in [0.2, 0.25) is 0 Å². The van der Waals surface area contributed by atoms with Crippen molar-refractivity contribution in [2.24, 2.45) is 11.1 Å². The van der Waals surface area contributed by atoms with E-state index in [1.807, 2.05) is 36.4 Å². The smallest absolute Gasteiger partial charge is 0.233 e. The number of hydrogen-bond acceptors (Lipinski definition) is 7. The molecule has 2 aromatic rings. The van der Waals surface area contributed by atoms with Gasteiger partial charge in [-0.1, -0.05) is 17.8 Å². The Labute approximate surface area is 172 Å². The summed E-state index contributed by atoms with van der Waals surface area (Å²) in [5.74, 6) is 3.01. The highest BCUT2D eigenvalue weighted by Gasteiger charge is 2.20. The van der Waals surface area contributed by atoms with Crippen molar-refractivity contribution in [3.8, 4) is 11.6 Å². The number of ether oxygens (including phenoxy) is 2. The Bertz CT molecular complexity index is 770. The van der Waals surface area contributed by atoms with Crippen molar-refractivity contribution in [2.75, 3.05) is 38.3 Å². The average molecular weight is 396 g/mol. The molecule has 1 aromatic carbocycles. The number of piperidine rings is 1. The minimum atomic E-state index is 0.407. The van der Waals surface area contributed by atoms with Crippen molar-refractivity contribution >= 4 is 12.0 Å². The highest BCUT2D eigenvalue weighted by Crippen LogP contribution is 2.24. The fraction of sp³-hybridized carbons (Fsp3) is 0.409. The molecule has 0 saturated carbocycles. The summed E-state index contributed by atoms with van der Waals surface area (Å²) in [5, 5.41) is 12.2. The molecular formula is C22H28N4O3. The summed E-state index contributed by atoms with van der Waals surface area (Å²) in [5.41, 5.74) is 0.968. The summed E-state index contributed by atoms with van der Waals surface area (Å²) in [7, 11) is 1.60. The van der Waals surface area contributed by atoms with Crippen LogP contribution in [0.25, 0.3) is 0 Å². The number of nitrogens with zero attached hydrogens (tertiary/aromatic N) is 4. The minimum Gasteiger partial charge on any atom is -0.494 e. The zero-order valence-corrected chi connectivity index (χ0v) is 16.9. The number of aromatic nitrogens is 2. The first-order valence-electron chi connectivity index (χ1n) is 9.90. The molecule has 3 rings (SSSR count). The SMILES string of the molecule is C=CCON=Cc1ccc(OCCC2CCN(c3ccc(OC)nn3)CC2)cc1. The van der Waals surface area contributed by atoms with Crippen molar-refractivity contribution in [3.05, 3.63) is 54.6 Å². The molecule has 1 aliphatic heterocycles. The van der Waals surface area contributed by atoms with E-state index in [-0.39, 0.29) is 0 Å². The number of benzene rings is 1. The van der Waals surface area contributed by atoms with Crippen LogP contribution < -0.4 is 14.4 Å². The molecule has 1 fully saturated rings. The Morgan fingerprint density at radius 3 is 2.59 bits per heavy atom. The monoisotopic (exact) mass is 396 g/mol. The third-order valence-electron chi connectivity index (χ3n) is 4.92. The molecule has 0 aliphatic carbocycles. The summed E-state index contributed by atoms with van der Waals surface area (Å²) in [4.78, 5) is 7.28. The minimum absolute atomic E-state index is 0.407. The molecule has 7 heteroatoms. The highest BCUT2D eigenvalue weighted by molar-refractivity contribution is 5.79. The van der Waals surface area contributed by atoms with Gasteiger partial charge in [-0.15, -0.1) is 10.2 Å². The van der Waals surface area contributed by atoms with Gasteiger partial charge in [0.1, 0.15) is 12.4 Å². The van der Waals surface area contributed by atoms with Gasteiger partial charge >= 0.3 is 0 Å². The number of oxime groups is 1. The van der Waals surface area contributed by atoms with Gasteiger partial charge in [-0.3, -0.25) is 0 Å². The lowest BCUT2D eigenvalue weighted by Gasteiger charge is -2.32. The van der Waals surface area contributed by atoms with Gasteiger partial charge in [0.15, 0.2) is 5.82 Å². The summed E-state index contributed by atoms with van der Waals surface area (Å²) >= 11 is 0. The molecule has 0 amide bonds. The van der Waals surface area contributed by atoms with Crippen LogP contribution in [-0.2, 0) is 4.84 Å². The van der Waals surface area contributed by atoms with Crippen LogP contribution in [0, 0.1) is 5.92 Å². The quantitative estimate of drug-likeness (QED) is 0.264. The van der Waals surface area contributed by atoms with Crippen LogP contribution in [-0.4, -0.2) is 49.8 Å². The molecule has 29 heavy (non-hydrogen) atoms. The third-order valence-corrected chi connectivity index (χ3v) is 4.92. The molecule has 0 atom stereocenters. The Morgan fingerprint density at radius 1 is 1.14 bits per heavy atom. The normalized spacial score (nSPS) is 14.7. The molecule has 0 spiro atoms. The number of anilines is 1. The second kappa shape index (κ2) is 11.0. The lowest BCUT2D eigenvalue weighted by atomic mass is 9.94. The van der Waals surface area contributed by atoms with Gasteiger partial charge in [0.25, 0.3) is 0 Å². The van der Waals surface area contributed by atoms with Gasteiger partial charge in [0.2, 0.25) is 5.88 Å². The first kappa shape index (κ1) is 20.6. The second-order valence-corrected chi connectivity index (χ2v) is 6.89. The number of methoxy groups -OCH3 is 1.